The molecule has 1 aromatic rings. The summed E-state index contributed by atoms with van der Waals surface area (Å²) in [6, 6.07) is 0. The molecule has 3 nitrogen and oxygen atoms in total. The molecule has 5 heteroatoms. The van der Waals surface area contributed by atoms with Crippen LogP contribution in [0.5, 0.6) is 0 Å². The Bertz CT molecular complexity index is 404. The number of rotatable bonds is 8. The zero-order valence-corrected chi connectivity index (χ0v) is 18.5. The third kappa shape index (κ3) is 15.2. The maximum Gasteiger partial charge on any atom is 2.00 e. The van der Waals surface area contributed by atoms with E-state index in [9.17, 15) is 0 Å². The number of allylic oxidation sites excluding steroid dienone is 1. The molecule has 1 unspecified atom stereocenters. The van der Waals surface area contributed by atoms with Gasteiger partial charge in [-0.1, -0.05) is 72.4 Å². The average molecular weight is 363 g/mol. The molecule has 0 aliphatic rings. The van der Waals surface area contributed by atoms with Crippen LogP contribution in [0.3, 0.4) is 0 Å². The normalized spacial score (nSPS) is 10.1. The molecule has 0 fully saturated rings. The van der Waals surface area contributed by atoms with E-state index in [1.165, 1.54) is 0 Å². The van der Waals surface area contributed by atoms with Crippen LogP contribution in [0.25, 0.3) is 17.9 Å². The van der Waals surface area contributed by atoms with Crippen molar-refractivity contribution >= 4 is 34.9 Å². The molecule has 142 valence electrons. The molecule has 0 bridgehead atoms. The Kier molecular flexibility index (Phi) is 32.4. The molecule has 1 rings (SSSR count). The van der Waals surface area contributed by atoms with E-state index in [0.717, 1.165) is 37.2 Å². The summed E-state index contributed by atoms with van der Waals surface area (Å²) in [5, 5.41) is 0.272. The van der Waals surface area contributed by atoms with Crippen LogP contribution < -0.4 is 0 Å². The molecule has 1 heterocycles. The molecule has 0 saturated heterocycles. The third-order valence-corrected chi connectivity index (χ3v) is 3.23. The second kappa shape index (κ2) is 25.4. The summed E-state index contributed by atoms with van der Waals surface area (Å²) in [5.74, 6) is 0. The minimum atomic E-state index is 0. The van der Waals surface area contributed by atoms with Crippen molar-refractivity contribution in [3.8, 4) is 0 Å². The zero-order chi connectivity index (χ0) is 19.4. The number of thiol groups is 1. The summed E-state index contributed by atoms with van der Waals surface area (Å²) >= 11 is 4.47. The van der Waals surface area contributed by atoms with Crippen molar-refractivity contribution in [3.05, 3.63) is 36.1 Å². The van der Waals surface area contributed by atoms with Crippen LogP contribution in [-0.4, -0.2) is 31.5 Å². The standard InChI is InChI=1S/C14H21N3S.3C2H6.Be/c1-3-5-6-14-13(4-2)16-11-17(14)10-8-12(18)7-9-15;3*1-2;/h4-6,12,15,18H,2-3,7-10H2,1H3;3*1-2H3;/q-2;;;;+2/b6-5-;;;;. The van der Waals surface area contributed by atoms with Crippen molar-refractivity contribution in [1.82, 2.24) is 9.55 Å². The fraction of sp³-hybridized carbons (Fsp3) is 0.650. The number of aryl methyl sites for hydroxylation is 1. The first kappa shape index (κ1) is 31.9. The number of aromatic nitrogens is 2. The first-order chi connectivity index (χ1) is 11.7. The van der Waals surface area contributed by atoms with Crippen LogP contribution in [0, 0.1) is 6.33 Å². The van der Waals surface area contributed by atoms with Gasteiger partial charge in [0, 0.05) is 18.1 Å². The van der Waals surface area contributed by atoms with Gasteiger partial charge in [-0.3, -0.25) is 0 Å². The number of imidazole rings is 1. The molecule has 0 saturated carbocycles. The molecule has 0 aliphatic carbocycles. The van der Waals surface area contributed by atoms with Crippen LogP contribution >= 0.6 is 12.6 Å². The van der Waals surface area contributed by atoms with E-state index >= 15 is 0 Å². The fourth-order valence-corrected chi connectivity index (χ4v) is 1.92. The molecular weight excluding hydrogens is 323 g/mol. The van der Waals surface area contributed by atoms with E-state index in [2.05, 4.69) is 49.6 Å². The molecule has 0 aromatic carbocycles. The van der Waals surface area contributed by atoms with E-state index < -0.39 is 0 Å². The molecule has 1 N–H and O–H groups in total. The zero-order valence-electron chi connectivity index (χ0n) is 17.6. The molecular formula is C20H39BeN3S. The predicted molar refractivity (Wildman–Crippen MR) is 121 cm³/mol. The Hall–Kier alpha value is -0.831. The van der Waals surface area contributed by atoms with Gasteiger partial charge in [0.1, 0.15) is 0 Å². The topological polar surface area (TPSA) is 41.6 Å². The Morgan fingerprint density at radius 1 is 1.20 bits per heavy atom. The van der Waals surface area contributed by atoms with Crippen molar-refractivity contribution in [2.45, 2.75) is 79.5 Å². The van der Waals surface area contributed by atoms with Crippen molar-refractivity contribution < 1.29 is 0 Å². The van der Waals surface area contributed by atoms with Crippen LogP contribution in [0.2, 0.25) is 0 Å². The molecule has 0 spiro atoms. The second-order valence-electron chi connectivity index (χ2n) is 4.13. The second-order valence-corrected chi connectivity index (χ2v) is 4.86. The smallest absolute Gasteiger partial charge is 0.677 e. The first-order valence-corrected chi connectivity index (χ1v) is 9.84. The van der Waals surface area contributed by atoms with Crippen LogP contribution in [-0.2, 0) is 6.54 Å². The van der Waals surface area contributed by atoms with Crippen molar-refractivity contribution in [1.29, 1.82) is 0 Å². The van der Waals surface area contributed by atoms with Crippen LogP contribution in [0.4, 0.5) is 0 Å². The van der Waals surface area contributed by atoms with Gasteiger partial charge in [-0.25, -0.2) is 0 Å². The number of nitrogens with one attached hydrogen (secondary N) is 1. The van der Waals surface area contributed by atoms with Gasteiger partial charge in [-0.05, 0) is 12.8 Å². The number of hydrogen-bond donors (Lipinski definition) is 1. The Morgan fingerprint density at radius 2 is 1.76 bits per heavy atom. The van der Waals surface area contributed by atoms with E-state index in [4.69, 9.17) is 5.73 Å². The summed E-state index contributed by atoms with van der Waals surface area (Å²) < 4.78 is 2.01. The monoisotopic (exact) mass is 362 g/mol. The number of nitrogens with zero attached hydrogens (tertiary/aromatic N) is 2. The maximum atomic E-state index is 7.18. The minimum absolute atomic E-state index is 0. The van der Waals surface area contributed by atoms with Crippen molar-refractivity contribution in [3.63, 3.8) is 0 Å². The first-order valence-electron chi connectivity index (χ1n) is 9.32. The molecule has 0 aliphatic heterocycles. The van der Waals surface area contributed by atoms with Gasteiger partial charge < -0.3 is 15.3 Å². The molecule has 1 aromatic heterocycles. The van der Waals surface area contributed by atoms with Crippen molar-refractivity contribution in [2.24, 2.45) is 0 Å². The van der Waals surface area contributed by atoms with Gasteiger partial charge in [-0.15, -0.1) is 18.7 Å². The van der Waals surface area contributed by atoms with Gasteiger partial charge >= 0.3 is 10.1 Å². The summed E-state index contributed by atoms with van der Waals surface area (Å²) in [4.78, 5) is 4.22. The largest absolute Gasteiger partial charge is 2.00 e. The van der Waals surface area contributed by atoms with E-state index in [0.29, 0.717) is 6.54 Å². The van der Waals surface area contributed by atoms with Gasteiger partial charge in [0.2, 0.25) is 0 Å². The summed E-state index contributed by atoms with van der Waals surface area (Å²) in [7, 11) is 0. The maximum absolute atomic E-state index is 7.18. The molecule has 1 atom stereocenters. The van der Waals surface area contributed by atoms with E-state index in [-0.39, 0.29) is 15.4 Å². The fourth-order valence-electron chi connectivity index (χ4n) is 1.68. The van der Waals surface area contributed by atoms with Crippen LogP contribution in [0.1, 0.15) is 79.1 Å². The molecule has 0 amide bonds. The third-order valence-electron chi connectivity index (χ3n) is 2.71. The Labute approximate surface area is 166 Å². The predicted octanol–water partition coefficient (Wildman–Crippen LogP) is 6.58. The van der Waals surface area contributed by atoms with E-state index in [1.54, 1.807) is 6.08 Å². The quantitative estimate of drug-likeness (QED) is 0.317. The van der Waals surface area contributed by atoms with Gasteiger partial charge in [0.15, 0.2) is 0 Å². The number of hydrogen-bond acceptors (Lipinski definition) is 2. The molecule has 25 heavy (non-hydrogen) atoms. The SMILES string of the molecule is C=Cc1n[c-]n(CCC(S)CC[NH-])c1/C=C\CC.CC.CC.CC.[Be+2]. The Balaban J connectivity index is -0.000000284. The van der Waals surface area contributed by atoms with E-state index in [1.807, 2.05) is 46.1 Å². The summed E-state index contributed by atoms with van der Waals surface area (Å²) in [6.07, 6.45) is 11.7. The summed E-state index contributed by atoms with van der Waals surface area (Å²) in [5.41, 5.74) is 9.11. The molecule has 0 radical (unpaired) electrons. The van der Waals surface area contributed by atoms with Crippen LogP contribution in [0.15, 0.2) is 12.7 Å². The average Bonchev–Trinajstić information content (AvgIpc) is 3.05. The summed E-state index contributed by atoms with van der Waals surface area (Å²) in [6.45, 7) is 19.1. The minimum Gasteiger partial charge on any atom is -0.677 e. The Morgan fingerprint density at radius 3 is 2.20 bits per heavy atom. The van der Waals surface area contributed by atoms with Gasteiger partial charge in [0.25, 0.3) is 0 Å². The van der Waals surface area contributed by atoms with Gasteiger partial charge in [0.05, 0.1) is 0 Å². The van der Waals surface area contributed by atoms with Gasteiger partial charge in [-0.2, -0.15) is 19.2 Å². The van der Waals surface area contributed by atoms with Crippen molar-refractivity contribution in [2.75, 3.05) is 6.54 Å².